The van der Waals surface area contributed by atoms with Crippen LogP contribution in [0.3, 0.4) is 0 Å². The molecule has 3 N–H and O–H groups in total. The first-order chi connectivity index (χ1) is 13.8. The van der Waals surface area contributed by atoms with Gasteiger partial charge in [0, 0.05) is 5.39 Å². The number of halogens is 3. The van der Waals surface area contributed by atoms with Gasteiger partial charge in [0.15, 0.2) is 12.3 Å². The van der Waals surface area contributed by atoms with Gasteiger partial charge < -0.3 is 4.74 Å². The van der Waals surface area contributed by atoms with E-state index in [1.165, 1.54) is 18.2 Å². The average molecular weight is 406 g/mol. The van der Waals surface area contributed by atoms with Crippen LogP contribution >= 0.6 is 0 Å². The van der Waals surface area contributed by atoms with E-state index in [4.69, 9.17) is 4.74 Å². The van der Waals surface area contributed by atoms with E-state index < -0.39 is 35.7 Å². The van der Waals surface area contributed by atoms with Crippen LogP contribution in [0.5, 0.6) is 5.75 Å². The molecule has 0 spiro atoms. The second-order valence-corrected chi connectivity index (χ2v) is 5.76. The number of ether oxygens (including phenoxy) is 1. The monoisotopic (exact) mass is 406 g/mol. The maximum absolute atomic E-state index is 12.7. The predicted molar refractivity (Wildman–Crippen MR) is 94.9 cm³/mol. The fourth-order valence-corrected chi connectivity index (χ4v) is 2.42. The van der Waals surface area contributed by atoms with E-state index in [9.17, 15) is 27.6 Å². The van der Waals surface area contributed by atoms with Crippen LogP contribution in [0.4, 0.5) is 13.2 Å². The van der Waals surface area contributed by atoms with Gasteiger partial charge in [0.05, 0.1) is 10.9 Å². The summed E-state index contributed by atoms with van der Waals surface area (Å²) >= 11 is 0. The van der Waals surface area contributed by atoms with Crippen molar-refractivity contribution in [3.8, 4) is 5.75 Å². The second kappa shape index (κ2) is 8.00. The Hall–Kier alpha value is -3.89. The fourth-order valence-electron chi connectivity index (χ4n) is 2.42. The normalized spacial score (nSPS) is 11.1. The highest BCUT2D eigenvalue weighted by atomic mass is 19.4. The topological polar surface area (TPSA) is 113 Å². The van der Waals surface area contributed by atoms with Crippen LogP contribution in [0.2, 0.25) is 0 Å². The third kappa shape index (κ3) is 4.69. The fraction of sp³-hybridized carbons (Fsp3) is 0.111. The standard InChI is InChI=1S/C18H13F3N4O4/c19-18(20,21)10-4-3-5-11(8-10)29-9-14(26)22-25-17(28)15-12-6-1-2-7-13(12)16(27)24-23-15/h1-8H,9H2,(H,22,26)(H,24,27)(H,25,28). The van der Waals surface area contributed by atoms with Crippen LogP contribution in [0, 0.1) is 0 Å². The Kier molecular flexibility index (Phi) is 5.48. The van der Waals surface area contributed by atoms with Crippen LogP contribution in [-0.2, 0) is 11.0 Å². The number of H-pyrrole nitrogens is 1. The Morgan fingerprint density at radius 2 is 1.76 bits per heavy atom. The van der Waals surface area contributed by atoms with Crippen molar-refractivity contribution in [1.82, 2.24) is 21.0 Å². The molecule has 0 radical (unpaired) electrons. The number of nitrogens with one attached hydrogen (secondary N) is 3. The zero-order chi connectivity index (χ0) is 21.0. The van der Waals surface area contributed by atoms with Gasteiger partial charge in [-0.25, -0.2) is 5.10 Å². The lowest BCUT2D eigenvalue weighted by molar-refractivity contribution is -0.137. The van der Waals surface area contributed by atoms with Crippen molar-refractivity contribution < 1.29 is 27.5 Å². The van der Waals surface area contributed by atoms with Crippen molar-refractivity contribution in [2.24, 2.45) is 0 Å². The summed E-state index contributed by atoms with van der Waals surface area (Å²) in [4.78, 5) is 35.7. The molecule has 8 nitrogen and oxygen atoms in total. The van der Waals surface area contributed by atoms with Crippen LogP contribution in [-0.4, -0.2) is 28.6 Å². The van der Waals surface area contributed by atoms with E-state index in [0.29, 0.717) is 0 Å². The van der Waals surface area contributed by atoms with E-state index in [2.05, 4.69) is 21.0 Å². The molecule has 0 atom stereocenters. The molecule has 0 aliphatic rings. The highest BCUT2D eigenvalue weighted by molar-refractivity contribution is 6.05. The van der Waals surface area contributed by atoms with Crippen molar-refractivity contribution in [2.75, 3.05) is 6.61 Å². The van der Waals surface area contributed by atoms with Crippen LogP contribution in [0.1, 0.15) is 16.1 Å². The molecule has 0 saturated heterocycles. The molecule has 2 amide bonds. The maximum atomic E-state index is 12.7. The van der Waals surface area contributed by atoms with Gasteiger partial charge in [-0.1, -0.05) is 24.3 Å². The van der Waals surface area contributed by atoms with E-state index in [1.807, 2.05) is 0 Å². The van der Waals surface area contributed by atoms with E-state index in [1.54, 1.807) is 12.1 Å². The minimum absolute atomic E-state index is 0.126. The lowest BCUT2D eigenvalue weighted by Gasteiger charge is -2.11. The molecule has 0 fully saturated rings. The molecule has 0 saturated carbocycles. The van der Waals surface area contributed by atoms with Crippen LogP contribution < -0.4 is 21.1 Å². The van der Waals surface area contributed by atoms with Crippen LogP contribution in [0.15, 0.2) is 53.3 Å². The van der Waals surface area contributed by atoms with Gasteiger partial charge in [0.1, 0.15) is 5.75 Å². The number of amides is 2. The van der Waals surface area contributed by atoms with Gasteiger partial charge >= 0.3 is 6.18 Å². The van der Waals surface area contributed by atoms with Crippen molar-refractivity contribution in [2.45, 2.75) is 6.18 Å². The number of hydrogen-bond acceptors (Lipinski definition) is 5. The highest BCUT2D eigenvalue weighted by Crippen LogP contribution is 2.31. The molecule has 3 aromatic rings. The number of hydrazine groups is 1. The summed E-state index contributed by atoms with van der Waals surface area (Å²) in [5, 5.41) is 6.37. The smallest absolute Gasteiger partial charge is 0.416 e. The van der Waals surface area contributed by atoms with Gasteiger partial charge in [-0.05, 0) is 24.3 Å². The second-order valence-electron chi connectivity index (χ2n) is 5.76. The minimum Gasteiger partial charge on any atom is -0.484 e. The van der Waals surface area contributed by atoms with Crippen molar-refractivity contribution in [3.05, 3.63) is 70.1 Å². The molecule has 29 heavy (non-hydrogen) atoms. The third-order valence-electron chi connectivity index (χ3n) is 3.76. The lowest BCUT2D eigenvalue weighted by atomic mass is 10.1. The molecule has 2 aromatic carbocycles. The maximum Gasteiger partial charge on any atom is 0.416 e. The predicted octanol–water partition coefficient (Wildman–Crippen LogP) is 1.78. The molecule has 0 aliphatic carbocycles. The van der Waals surface area contributed by atoms with Crippen molar-refractivity contribution >= 4 is 22.6 Å². The van der Waals surface area contributed by atoms with Gasteiger partial charge in [-0.2, -0.15) is 18.3 Å². The number of alkyl halides is 3. The molecular weight excluding hydrogens is 393 g/mol. The number of fused-ring (bicyclic) bond motifs is 1. The molecule has 0 bridgehead atoms. The van der Waals surface area contributed by atoms with E-state index in [-0.39, 0.29) is 22.2 Å². The summed E-state index contributed by atoms with van der Waals surface area (Å²) in [5.74, 6) is -1.77. The number of carbonyl (C=O) groups excluding carboxylic acids is 2. The number of aromatic amines is 1. The summed E-state index contributed by atoms with van der Waals surface area (Å²) in [6.07, 6.45) is -4.54. The molecule has 1 heterocycles. The Labute approximate surface area is 160 Å². The SMILES string of the molecule is O=C(COc1cccc(C(F)(F)F)c1)NNC(=O)c1n[nH]c(=O)c2ccccc12. The summed E-state index contributed by atoms with van der Waals surface area (Å²) < 4.78 is 43.0. The highest BCUT2D eigenvalue weighted by Gasteiger charge is 2.30. The molecule has 1 aromatic heterocycles. The molecular formula is C18H13F3N4O4. The first-order valence-electron chi connectivity index (χ1n) is 8.12. The van der Waals surface area contributed by atoms with Gasteiger partial charge in [0.25, 0.3) is 17.4 Å². The molecule has 3 rings (SSSR count). The van der Waals surface area contributed by atoms with Gasteiger partial charge in [-0.15, -0.1) is 0 Å². The summed E-state index contributed by atoms with van der Waals surface area (Å²) in [5.41, 5.74) is 2.64. The zero-order valence-corrected chi connectivity index (χ0v) is 14.5. The minimum atomic E-state index is -4.54. The first-order valence-corrected chi connectivity index (χ1v) is 8.12. The molecule has 150 valence electrons. The third-order valence-corrected chi connectivity index (χ3v) is 3.76. The molecule has 11 heteroatoms. The number of hydrogen-bond donors (Lipinski definition) is 3. The Balaban J connectivity index is 1.60. The summed E-state index contributed by atoms with van der Waals surface area (Å²) in [6, 6.07) is 10.3. The van der Waals surface area contributed by atoms with E-state index in [0.717, 1.165) is 18.2 Å². The largest absolute Gasteiger partial charge is 0.484 e. The van der Waals surface area contributed by atoms with Gasteiger partial charge in [-0.3, -0.25) is 25.2 Å². The Morgan fingerprint density at radius 1 is 1.03 bits per heavy atom. The van der Waals surface area contributed by atoms with Crippen molar-refractivity contribution in [3.63, 3.8) is 0 Å². The van der Waals surface area contributed by atoms with Crippen molar-refractivity contribution in [1.29, 1.82) is 0 Å². The number of benzene rings is 2. The molecule has 0 aliphatic heterocycles. The number of carbonyl (C=O) groups is 2. The Bertz CT molecular complexity index is 1130. The molecule has 0 unspecified atom stereocenters. The van der Waals surface area contributed by atoms with Gasteiger partial charge in [0.2, 0.25) is 0 Å². The number of rotatable bonds is 4. The zero-order valence-electron chi connectivity index (χ0n) is 14.5. The first kappa shape index (κ1) is 19.9. The average Bonchev–Trinajstić information content (AvgIpc) is 2.70. The van der Waals surface area contributed by atoms with Crippen LogP contribution in [0.25, 0.3) is 10.8 Å². The summed E-state index contributed by atoms with van der Waals surface area (Å²) in [6.45, 7) is -0.638. The Morgan fingerprint density at radius 3 is 2.48 bits per heavy atom. The number of aromatic nitrogens is 2. The van der Waals surface area contributed by atoms with E-state index >= 15 is 0 Å². The quantitative estimate of drug-likeness (QED) is 0.572. The number of nitrogens with zero attached hydrogens (tertiary/aromatic N) is 1. The lowest BCUT2D eigenvalue weighted by Crippen LogP contribution is -2.44. The summed E-state index contributed by atoms with van der Waals surface area (Å²) in [7, 11) is 0.